The first-order valence-electron chi connectivity index (χ1n) is 7.11. The van der Waals surface area contributed by atoms with Crippen molar-refractivity contribution >= 4 is 12.0 Å². The molecule has 130 valence electrons. The van der Waals surface area contributed by atoms with Gasteiger partial charge in [0.25, 0.3) is 5.09 Å². The molecule has 0 fully saturated rings. The fraction of sp³-hybridized carbons (Fsp3) is 0.118. The van der Waals surface area contributed by atoms with Crippen molar-refractivity contribution in [3.8, 4) is 17.2 Å². The molecular formula is C17H15NO7. The molecule has 0 bridgehead atoms. The Morgan fingerprint density at radius 3 is 2.80 bits per heavy atom. The van der Waals surface area contributed by atoms with Crippen molar-refractivity contribution in [3.63, 3.8) is 0 Å². The quantitative estimate of drug-likeness (QED) is 0.270. The number of phenolic OH excluding ortho intramolecular Hbond substituents is 1. The van der Waals surface area contributed by atoms with Crippen molar-refractivity contribution in [1.82, 2.24) is 0 Å². The third kappa shape index (κ3) is 5.54. The van der Waals surface area contributed by atoms with E-state index >= 15 is 0 Å². The van der Waals surface area contributed by atoms with Crippen molar-refractivity contribution in [2.24, 2.45) is 0 Å². The van der Waals surface area contributed by atoms with E-state index in [-0.39, 0.29) is 23.9 Å². The van der Waals surface area contributed by atoms with Crippen LogP contribution in [-0.2, 0) is 16.2 Å². The molecule has 0 atom stereocenters. The molecule has 2 aromatic carbocycles. The second kappa shape index (κ2) is 8.34. The number of ether oxygens (including phenoxy) is 2. The molecule has 0 heterocycles. The summed E-state index contributed by atoms with van der Waals surface area (Å²) in [6.45, 7) is -0.235. The Morgan fingerprint density at radius 2 is 2.08 bits per heavy atom. The van der Waals surface area contributed by atoms with E-state index in [1.165, 1.54) is 31.4 Å². The highest BCUT2D eigenvalue weighted by molar-refractivity contribution is 5.88. The maximum Gasteiger partial charge on any atom is 0.336 e. The molecule has 25 heavy (non-hydrogen) atoms. The number of hydrogen-bond acceptors (Lipinski definition) is 7. The highest BCUT2D eigenvalue weighted by atomic mass is 16.9. The summed E-state index contributed by atoms with van der Waals surface area (Å²) in [6.07, 6.45) is 2.72. The summed E-state index contributed by atoms with van der Waals surface area (Å²) in [5.74, 6) is -0.105. The summed E-state index contributed by atoms with van der Waals surface area (Å²) >= 11 is 0. The highest BCUT2D eigenvalue weighted by Crippen LogP contribution is 2.26. The third-order valence-electron chi connectivity index (χ3n) is 3.07. The Balaban J connectivity index is 2.00. The molecule has 0 spiro atoms. The van der Waals surface area contributed by atoms with Gasteiger partial charge in [-0.05, 0) is 41.5 Å². The number of esters is 1. The molecule has 0 aliphatic carbocycles. The average molecular weight is 345 g/mol. The normalized spacial score (nSPS) is 10.4. The van der Waals surface area contributed by atoms with Crippen LogP contribution in [0.2, 0.25) is 0 Å². The lowest BCUT2D eigenvalue weighted by molar-refractivity contribution is -0.763. The fourth-order valence-corrected chi connectivity index (χ4v) is 1.94. The van der Waals surface area contributed by atoms with Gasteiger partial charge in [-0.3, -0.25) is 0 Å². The van der Waals surface area contributed by atoms with Crippen LogP contribution in [0.1, 0.15) is 11.1 Å². The zero-order chi connectivity index (χ0) is 18.2. The Bertz CT molecular complexity index is 801. The van der Waals surface area contributed by atoms with Crippen molar-refractivity contribution in [2.45, 2.75) is 6.61 Å². The maximum absolute atomic E-state index is 11.9. The largest absolute Gasteiger partial charge is 0.504 e. The van der Waals surface area contributed by atoms with E-state index in [0.29, 0.717) is 11.1 Å². The second-order valence-electron chi connectivity index (χ2n) is 4.83. The van der Waals surface area contributed by atoms with Gasteiger partial charge in [-0.1, -0.05) is 18.2 Å². The number of nitrogens with zero attached hydrogens (tertiary/aromatic N) is 1. The first-order chi connectivity index (χ1) is 12.0. The third-order valence-corrected chi connectivity index (χ3v) is 3.07. The van der Waals surface area contributed by atoms with Gasteiger partial charge in [-0.25, -0.2) is 4.79 Å². The minimum Gasteiger partial charge on any atom is -0.504 e. The molecule has 0 unspecified atom stereocenters. The van der Waals surface area contributed by atoms with Gasteiger partial charge >= 0.3 is 5.97 Å². The van der Waals surface area contributed by atoms with Crippen LogP contribution in [0, 0.1) is 10.1 Å². The Morgan fingerprint density at radius 1 is 1.28 bits per heavy atom. The average Bonchev–Trinajstić information content (AvgIpc) is 2.59. The molecule has 0 amide bonds. The fourth-order valence-electron chi connectivity index (χ4n) is 1.94. The summed E-state index contributed by atoms with van der Waals surface area (Å²) in [5, 5.41) is 18.8. The van der Waals surface area contributed by atoms with Gasteiger partial charge in [0, 0.05) is 6.08 Å². The van der Waals surface area contributed by atoms with E-state index in [1.54, 1.807) is 30.3 Å². The van der Waals surface area contributed by atoms with Crippen LogP contribution in [-0.4, -0.2) is 23.3 Å². The standard InChI is InChI=1S/C17H15NO7/c1-23-16-10-12(5-7-15(16)19)6-8-17(20)25-14-4-2-3-13(9-14)11-24-18(21)22/h2-10,19H,11H2,1H3. The summed E-state index contributed by atoms with van der Waals surface area (Å²) in [5.41, 5.74) is 1.13. The minimum atomic E-state index is -0.895. The molecule has 0 aliphatic rings. The summed E-state index contributed by atoms with van der Waals surface area (Å²) in [6, 6.07) is 10.8. The molecular weight excluding hydrogens is 330 g/mol. The van der Waals surface area contributed by atoms with Gasteiger partial charge in [0.05, 0.1) is 7.11 Å². The number of carbonyl (C=O) groups is 1. The number of hydrogen-bond donors (Lipinski definition) is 1. The number of phenols is 1. The number of aromatic hydroxyl groups is 1. The van der Waals surface area contributed by atoms with Gasteiger partial charge in [0.1, 0.15) is 12.4 Å². The van der Waals surface area contributed by atoms with Crippen molar-refractivity contribution in [3.05, 3.63) is 69.8 Å². The molecule has 1 N–H and O–H groups in total. The van der Waals surface area contributed by atoms with Crippen molar-refractivity contribution in [1.29, 1.82) is 0 Å². The van der Waals surface area contributed by atoms with Crippen LogP contribution < -0.4 is 9.47 Å². The van der Waals surface area contributed by atoms with Crippen LogP contribution >= 0.6 is 0 Å². The van der Waals surface area contributed by atoms with Gasteiger partial charge in [-0.15, -0.1) is 10.1 Å². The lowest BCUT2D eigenvalue weighted by Crippen LogP contribution is -2.05. The Hall–Kier alpha value is -3.55. The molecule has 0 aliphatic heterocycles. The first kappa shape index (κ1) is 17.8. The molecule has 2 rings (SSSR count). The number of carbonyl (C=O) groups excluding carboxylic acids is 1. The van der Waals surface area contributed by atoms with Crippen LogP contribution in [0.15, 0.2) is 48.5 Å². The lowest BCUT2D eigenvalue weighted by Gasteiger charge is -2.05. The first-order valence-corrected chi connectivity index (χ1v) is 7.11. The van der Waals surface area contributed by atoms with Crippen LogP contribution in [0.4, 0.5) is 0 Å². The van der Waals surface area contributed by atoms with Crippen LogP contribution in [0.5, 0.6) is 17.2 Å². The molecule has 0 saturated heterocycles. The molecule has 0 saturated carbocycles. The molecule has 8 heteroatoms. The summed E-state index contributed by atoms with van der Waals surface area (Å²) in [7, 11) is 1.42. The summed E-state index contributed by atoms with van der Waals surface area (Å²) in [4.78, 5) is 26.3. The zero-order valence-electron chi connectivity index (χ0n) is 13.2. The number of rotatable bonds is 7. The zero-order valence-corrected chi connectivity index (χ0v) is 13.2. The van der Waals surface area contributed by atoms with Crippen LogP contribution in [0.3, 0.4) is 0 Å². The second-order valence-corrected chi connectivity index (χ2v) is 4.83. The molecule has 0 aromatic heterocycles. The Kier molecular flexibility index (Phi) is 5.94. The van der Waals surface area contributed by atoms with Gasteiger partial charge in [-0.2, -0.15) is 0 Å². The number of benzene rings is 2. The smallest absolute Gasteiger partial charge is 0.336 e. The van der Waals surface area contributed by atoms with Crippen molar-refractivity contribution < 1.29 is 29.3 Å². The monoisotopic (exact) mass is 345 g/mol. The molecule has 2 aromatic rings. The maximum atomic E-state index is 11.9. The van der Waals surface area contributed by atoms with E-state index in [1.807, 2.05) is 0 Å². The minimum absolute atomic E-state index is 0.00372. The topological polar surface area (TPSA) is 108 Å². The molecule has 8 nitrogen and oxygen atoms in total. The molecule has 0 radical (unpaired) electrons. The number of methoxy groups -OCH3 is 1. The van der Waals surface area contributed by atoms with E-state index in [4.69, 9.17) is 9.47 Å². The van der Waals surface area contributed by atoms with E-state index in [0.717, 1.165) is 0 Å². The van der Waals surface area contributed by atoms with E-state index in [2.05, 4.69) is 4.84 Å². The van der Waals surface area contributed by atoms with Gasteiger partial charge < -0.3 is 19.4 Å². The van der Waals surface area contributed by atoms with Crippen LogP contribution in [0.25, 0.3) is 6.08 Å². The van der Waals surface area contributed by atoms with E-state index < -0.39 is 11.1 Å². The predicted molar refractivity (Wildman–Crippen MR) is 87.6 cm³/mol. The van der Waals surface area contributed by atoms with E-state index in [9.17, 15) is 20.0 Å². The van der Waals surface area contributed by atoms with Crippen molar-refractivity contribution in [2.75, 3.05) is 7.11 Å². The SMILES string of the molecule is COc1cc(C=CC(=O)Oc2cccc(CO[N+](=O)[O-])c2)ccc1O. The Labute approximate surface area is 143 Å². The van der Waals surface area contributed by atoms with Gasteiger partial charge in [0.2, 0.25) is 0 Å². The van der Waals surface area contributed by atoms with Gasteiger partial charge in [0.15, 0.2) is 11.5 Å². The lowest BCUT2D eigenvalue weighted by atomic mass is 10.2. The predicted octanol–water partition coefficient (Wildman–Crippen LogP) is 2.73. The summed E-state index contributed by atoms with van der Waals surface area (Å²) < 4.78 is 10.1. The highest BCUT2D eigenvalue weighted by Gasteiger charge is 2.05.